The maximum atomic E-state index is 11.0. The zero-order valence-electron chi connectivity index (χ0n) is 10.3. The van der Waals surface area contributed by atoms with Crippen molar-refractivity contribution in [2.24, 2.45) is 7.05 Å². The molecule has 2 aromatic rings. The Balaban J connectivity index is 2.35. The van der Waals surface area contributed by atoms with E-state index in [9.17, 15) is 4.79 Å². The average molecular weight is 232 g/mol. The van der Waals surface area contributed by atoms with Crippen LogP contribution in [0.4, 0.5) is 5.82 Å². The third-order valence-electron chi connectivity index (χ3n) is 2.78. The van der Waals surface area contributed by atoms with Crippen LogP contribution in [0.2, 0.25) is 0 Å². The van der Waals surface area contributed by atoms with Crippen LogP contribution in [0.1, 0.15) is 11.3 Å². The monoisotopic (exact) mass is 232 g/mol. The molecule has 0 unspecified atom stereocenters. The summed E-state index contributed by atoms with van der Waals surface area (Å²) in [7, 11) is 3.79. The van der Waals surface area contributed by atoms with Crippen LogP contribution in [-0.2, 0) is 13.6 Å². The van der Waals surface area contributed by atoms with Crippen LogP contribution in [0.25, 0.3) is 0 Å². The molecule has 0 saturated heterocycles. The van der Waals surface area contributed by atoms with Crippen molar-refractivity contribution in [1.29, 1.82) is 0 Å². The Hall–Kier alpha value is -2.04. The molecule has 0 amide bonds. The van der Waals surface area contributed by atoms with E-state index in [1.807, 2.05) is 30.3 Å². The lowest BCUT2D eigenvalue weighted by Gasteiger charge is -2.08. The third kappa shape index (κ3) is 2.22. The van der Waals surface area contributed by atoms with Gasteiger partial charge in [0.25, 0.3) is 0 Å². The van der Waals surface area contributed by atoms with E-state index in [4.69, 9.17) is 0 Å². The van der Waals surface area contributed by atoms with Crippen LogP contribution in [0, 0.1) is 6.92 Å². The van der Waals surface area contributed by atoms with Gasteiger partial charge in [0.05, 0.1) is 12.2 Å². The van der Waals surface area contributed by atoms with Crippen molar-refractivity contribution in [1.82, 2.24) is 14.3 Å². The average Bonchev–Trinajstić information content (AvgIpc) is 2.57. The number of pyridine rings is 1. The van der Waals surface area contributed by atoms with Crippen LogP contribution in [0.3, 0.4) is 0 Å². The quantitative estimate of drug-likeness (QED) is 0.858. The van der Waals surface area contributed by atoms with Gasteiger partial charge < -0.3 is 9.88 Å². The van der Waals surface area contributed by atoms with Crippen molar-refractivity contribution in [3.63, 3.8) is 0 Å². The largest absolute Gasteiger partial charge is 0.373 e. The highest BCUT2D eigenvalue weighted by molar-refractivity contribution is 5.47. The minimum Gasteiger partial charge on any atom is -0.373 e. The lowest BCUT2D eigenvalue weighted by Crippen LogP contribution is -2.07. The van der Waals surface area contributed by atoms with E-state index in [-0.39, 0.29) is 5.43 Å². The summed E-state index contributed by atoms with van der Waals surface area (Å²) < 4.78 is 3.79. The second kappa shape index (κ2) is 4.45. The molecule has 0 saturated carbocycles. The van der Waals surface area contributed by atoms with Gasteiger partial charge in [0.15, 0.2) is 5.43 Å². The summed E-state index contributed by atoms with van der Waals surface area (Å²) in [5.74, 6) is 1.00. The molecule has 2 rings (SSSR count). The highest BCUT2D eigenvalue weighted by atomic mass is 16.1. The summed E-state index contributed by atoms with van der Waals surface area (Å²) in [4.78, 5) is 11.0. The van der Waals surface area contributed by atoms with Gasteiger partial charge in [-0.15, -0.1) is 0 Å². The van der Waals surface area contributed by atoms with Gasteiger partial charge in [-0.25, -0.2) is 0 Å². The number of nitrogens with one attached hydrogen (secondary N) is 1. The van der Waals surface area contributed by atoms with Crippen LogP contribution >= 0.6 is 0 Å². The van der Waals surface area contributed by atoms with Gasteiger partial charge in [-0.2, -0.15) is 5.10 Å². The Morgan fingerprint density at radius 2 is 2.00 bits per heavy atom. The van der Waals surface area contributed by atoms with E-state index in [1.165, 1.54) is 0 Å². The van der Waals surface area contributed by atoms with Crippen molar-refractivity contribution in [2.75, 3.05) is 12.4 Å². The minimum atomic E-state index is 0.0259. The predicted molar refractivity (Wildman–Crippen MR) is 67.3 cm³/mol. The molecule has 90 valence electrons. The first-order valence-electron chi connectivity index (χ1n) is 5.48. The lowest BCUT2D eigenvalue weighted by molar-refractivity contribution is 0.762. The van der Waals surface area contributed by atoms with Gasteiger partial charge in [0.1, 0.15) is 5.82 Å². The van der Waals surface area contributed by atoms with E-state index >= 15 is 0 Å². The Bertz CT molecular complexity index is 562. The molecule has 0 aliphatic rings. The van der Waals surface area contributed by atoms with Gasteiger partial charge in [-0.3, -0.25) is 9.48 Å². The van der Waals surface area contributed by atoms with Crippen LogP contribution in [0.15, 0.2) is 29.3 Å². The van der Waals surface area contributed by atoms with Crippen molar-refractivity contribution in [3.05, 3.63) is 46.0 Å². The zero-order valence-corrected chi connectivity index (χ0v) is 10.3. The molecule has 0 aliphatic heterocycles. The molecule has 0 atom stereocenters. The molecular weight excluding hydrogens is 216 g/mol. The fourth-order valence-corrected chi connectivity index (χ4v) is 1.94. The second-order valence-corrected chi connectivity index (χ2v) is 3.99. The molecule has 2 heterocycles. The summed E-state index contributed by atoms with van der Waals surface area (Å²) in [6.07, 6.45) is 3.57. The fourth-order valence-electron chi connectivity index (χ4n) is 1.94. The number of aryl methyl sites for hydroxylation is 2. The molecule has 1 N–H and O–H groups in total. The first kappa shape index (κ1) is 11.4. The van der Waals surface area contributed by atoms with Crippen molar-refractivity contribution >= 4 is 5.82 Å². The SMILES string of the molecule is CNc1c(Cn2ccc(=O)cc2)c(C)nn1C. The summed E-state index contributed by atoms with van der Waals surface area (Å²) in [5, 5.41) is 7.52. The Morgan fingerprint density at radius 3 is 2.59 bits per heavy atom. The van der Waals surface area contributed by atoms with E-state index in [1.54, 1.807) is 24.5 Å². The number of rotatable bonds is 3. The van der Waals surface area contributed by atoms with Crippen molar-refractivity contribution < 1.29 is 0 Å². The number of nitrogens with zero attached hydrogens (tertiary/aromatic N) is 3. The Labute approximate surface area is 99.7 Å². The van der Waals surface area contributed by atoms with Gasteiger partial charge in [-0.1, -0.05) is 0 Å². The highest BCUT2D eigenvalue weighted by Crippen LogP contribution is 2.18. The van der Waals surface area contributed by atoms with Gasteiger partial charge in [0, 0.05) is 44.2 Å². The first-order chi connectivity index (χ1) is 8.11. The van der Waals surface area contributed by atoms with Crippen LogP contribution < -0.4 is 10.7 Å². The summed E-state index contributed by atoms with van der Waals surface area (Å²) in [5.41, 5.74) is 2.16. The van der Waals surface area contributed by atoms with E-state index < -0.39 is 0 Å². The molecule has 0 spiro atoms. The number of hydrogen-bond donors (Lipinski definition) is 1. The molecule has 0 aliphatic carbocycles. The number of hydrogen-bond acceptors (Lipinski definition) is 3. The van der Waals surface area contributed by atoms with E-state index in [0.29, 0.717) is 6.54 Å². The molecule has 0 fully saturated rings. The molecule has 17 heavy (non-hydrogen) atoms. The summed E-state index contributed by atoms with van der Waals surface area (Å²) in [6, 6.07) is 3.12. The van der Waals surface area contributed by atoms with E-state index in [0.717, 1.165) is 17.1 Å². The predicted octanol–water partition coefficient (Wildman–Crippen LogP) is 0.980. The molecule has 5 heteroatoms. The van der Waals surface area contributed by atoms with Crippen molar-refractivity contribution in [2.45, 2.75) is 13.5 Å². The number of anilines is 1. The van der Waals surface area contributed by atoms with Crippen LogP contribution in [0.5, 0.6) is 0 Å². The standard InChI is InChI=1S/C12H16N4O/c1-9-11(12(13-2)15(3)14-9)8-16-6-4-10(17)5-7-16/h4-7,13H,8H2,1-3H3. The van der Waals surface area contributed by atoms with Crippen molar-refractivity contribution in [3.8, 4) is 0 Å². The van der Waals surface area contributed by atoms with E-state index in [2.05, 4.69) is 10.4 Å². The molecule has 0 aromatic carbocycles. The Kier molecular flexibility index (Phi) is 2.99. The Morgan fingerprint density at radius 1 is 1.35 bits per heavy atom. The first-order valence-corrected chi connectivity index (χ1v) is 5.48. The van der Waals surface area contributed by atoms with Gasteiger partial charge in [0.2, 0.25) is 0 Å². The molecule has 5 nitrogen and oxygen atoms in total. The fraction of sp³-hybridized carbons (Fsp3) is 0.333. The molecule has 0 radical (unpaired) electrons. The lowest BCUT2D eigenvalue weighted by atomic mass is 10.2. The maximum Gasteiger partial charge on any atom is 0.181 e. The summed E-state index contributed by atoms with van der Waals surface area (Å²) >= 11 is 0. The second-order valence-electron chi connectivity index (χ2n) is 3.99. The molecular formula is C12H16N4O. The topological polar surface area (TPSA) is 51.9 Å². The summed E-state index contributed by atoms with van der Waals surface area (Å²) in [6.45, 7) is 2.69. The number of aromatic nitrogens is 3. The zero-order chi connectivity index (χ0) is 12.4. The third-order valence-corrected chi connectivity index (χ3v) is 2.78. The minimum absolute atomic E-state index is 0.0259. The molecule has 0 bridgehead atoms. The van der Waals surface area contributed by atoms with Gasteiger partial charge in [-0.05, 0) is 6.92 Å². The molecule has 2 aromatic heterocycles. The normalized spacial score (nSPS) is 10.5. The van der Waals surface area contributed by atoms with Crippen LogP contribution in [-0.4, -0.2) is 21.4 Å². The highest BCUT2D eigenvalue weighted by Gasteiger charge is 2.11. The van der Waals surface area contributed by atoms with Gasteiger partial charge >= 0.3 is 0 Å². The maximum absolute atomic E-state index is 11.0. The smallest absolute Gasteiger partial charge is 0.181 e.